The molecule has 224 valence electrons. The Kier molecular flexibility index (Phi) is 5.81. The van der Waals surface area contributed by atoms with E-state index in [0.29, 0.717) is 17.5 Å². The first-order valence-corrected chi connectivity index (χ1v) is 16.0. The molecule has 0 unspecified atom stereocenters. The molecule has 3 heterocycles. The van der Waals surface area contributed by atoms with Crippen molar-refractivity contribution in [2.24, 2.45) is 0 Å². The predicted molar refractivity (Wildman–Crippen MR) is 195 cm³/mol. The largest absolute Gasteiger partial charge is 0.455 e. The molecule has 0 aliphatic rings. The van der Waals surface area contributed by atoms with Crippen LogP contribution in [0.3, 0.4) is 0 Å². The van der Waals surface area contributed by atoms with Crippen molar-refractivity contribution >= 4 is 54.5 Å². The van der Waals surface area contributed by atoms with Gasteiger partial charge in [-0.05, 0) is 53.9 Å². The normalized spacial score (nSPS) is 11.8. The van der Waals surface area contributed by atoms with Crippen LogP contribution in [0.1, 0.15) is 0 Å². The lowest BCUT2D eigenvalue weighted by Crippen LogP contribution is -2.00. The fourth-order valence-electron chi connectivity index (χ4n) is 7.05. The number of hydrogen-bond donors (Lipinski definition) is 0. The highest BCUT2D eigenvalue weighted by Crippen LogP contribution is 2.39. The Morgan fingerprint density at radius 1 is 0.438 bits per heavy atom. The quantitative estimate of drug-likeness (QED) is 0.198. The van der Waals surface area contributed by atoms with Crippen molar-refractivity contribution in [1.29, 1.82) is 0 Å². The van der Waals surface area contributed by atoms with Crippen LogP contribution in [0.2, 0.25) is 0 Å². The van der Waals surface area contributed by atoms with Crippen LogP contribution in [0.4, 0.5) is 0 Å². The van der Waals surface area contributed by atoms with Crippen LogP contribution in [0.5, 0.6) is 0 Å². The van der Waals surface area contributed by atoms with E-state index >= 15 is 0 Å². The Morgan fingerprint density at radius 3 is 1.98 bits per heavy atom. The molecule has 5 nitrogen and oxygen atoms in total. The van der Waals surface area contributed by atoms with Crippen molar-refractivity contribution in [3.63, 3.8) is 0 Å². The van der Waals surface area contributed by atoms with Crippen molar-refractivity contribution < 1.29 is 4.42 Å². The summed E-state index contributed by atoms with van der Waals surface area (Å²) >= 11 is 0. The lowest BCUT2D eigenvalue weighted by atomic mass is 10.0. The van der Waals surface area contributed by atoms with Gasteiger partial charge in [0.2, 0.25) is 0 Å². The number of nitrogens with zero attached hydrogens (tertiary/aromatic N) is 4. The molecule has 0 radical (unpaired) electrons. The van der Waals surface area contributed by atoms with E-state index in [2.05, 4.69) is 108 Å². The second kappa shape index (κ2) is 10.5. The lowest BCUT2D eigenvalue weighted by Gasteiger charge is -2.11. The van der Waals surface area contributed by atoms with E-state index in [9.17, 15) is 0 Å². The minimum atomic E-state index is 0.601. The summed E-state index contributed by atoms with van der Waals surface area (Å²) in [7, 11) is 0. The first-order chi connectivity index (χ1) is 23.8. The van der Waals surface area contributed by atoms with Gasteiger partial charge in [-0.3, -0.25) is 0 Å². The van der Waals surface area contributed by atoms with E-state index in [-0.39, 0.29) is 0 Å². The van der Waals surface area contributed by atoms with Crippen LogP contribution in [0, 0.1) is 0 Å². The van der Waals surface area contributed by atoms with E-state index in [1.54, 1.807) is 0 Å². The number of rotatable bonds is 4. The van der Waals surface area contributed by atoms with Gasteiger partial charge in [-0.1, -0.05) is 109 Å². The van der Waals surface area contributed by atoms with Crippen LogP contribution in [0.15, 0.2) is 162 Å². The molecule has 0 aliphatic heterocycles. The summed E-state index contributed by atoms with van der Waals surface area (Å²) in [5, 5.41) is 6.54. The molecular weight excluding hydrogens is 589 g/mol. The molecule has 10 rings (SSSR count). The van der Waals surface area contributed by atoms with Crippen molar-refractivity contribution in [3.8, 4) is 39.9 Å². The third-order valence-corrected chi connectivity index (χ3v) is 9.24. The second-order valence-corrected chi connectivity index (χ2v) is 12.0. The van der Waals surface area contributed by atoms with Gasteiger partial charge in [0.05, 0.1) is 11.0 Å². The molecule has 0 aliphatic carbocycles. The molecule has 0 atom stereocenters. The maximum atomic E-state index is 6.51. The molecule has 0 saturated carbocycles. The zero-order chi connectivity index (χ0) is 31.6. The Balaban J connectivity index is 1.24. The van der Waals surface area contributed by atoms with Crippen molar-refractivity contribution in [2.45, 2.75) is 0 Å². The van der Waals surface area contributed by atoms with Crippen LogP contribution in [-0.4, -0.2) is 19.5 Å². The minimum Gasteiger partial charge on any atom is -0.455 e. The Labute approximate surface area is 275 Å². The van der Waals surface area contributed by atoms with Gasteiger partial charge in [-0.25, -0.2) is 15.0 Å². The van der Waals surface area contributed by atoms with Crippen LogP contribution in [-0.2, 0) is 0 Å². The SMILES string of the molecule is c1ccc(-c2nc(-c3ccc4c(c3)c3ccccc3n4-c3ccccc3)nc(-c3cccc4ccc5c6ccccc6oc5c34)n2)cc1. The summed E-state index contributed by atoms with van der Waals surface area (Å²) < 4.78 is 8.83. The summed E-state index contributed by atoms with van der Waals surface area (Å²) in [6.45, 7) is 0. The summed E-state index contributed by atoms with van der Waals surface area (Å²) in [5.41, 5.74) is 7.86. The molecule has 10 aromatic rings. The van der Waals surface area contributed by atoms with Crippen LogP contribution < -0.4 is 0 Å². The van der Waals surface area contributed by atoms with E-state index < -0.39 is 0 Å². The third-order valence-electron chi connectivity index (χ3n) is 9.24. The van der Waals surface area contributed by atoms with E-state index in [1.165, 1.54) is 5.39 Å². The lowest BCUT2D eigenvalue weighted by molar-refractivity contribution is 0.672. The average Bonchev–Trinajstić information content (AvgIpc) is 3.71. The van der Waals surface area contributed by atoms with Gasteiger partial charge in [-0.2, -0.15) is 0 Å². The Hall–Kier alpha value is -6.59. The number of para-hydroxylation sites is 3. The zero-order valence-electron chi connectivity index (χ0n) is 25.7. The molecule has 0 spiro atoms. The molecule has 7 aromatic carbocycles. The molecule has 0 N–H and O–H groups in total. The number of aromatic nitrogens is 4. The fraction of sp³-hybridized carbons (Fsp3) is 0. The average molecular weight is 615 g/mol. The minimum absolute atomic E-state index is 0.601. The summed E-state index contributed by atoms with van der Waals surface area (Å²) in [4.78, 5) is 15.4. The number of benzene rings is 7. The Morgan fingerprint density at radius 2 is 1.12 bits per heavy atom. The molecular formula is C43H26N4O. The molecule has 0 fully saturated rings. The standard InChI is InChI=1S/C43H26N4O/c1-3-12-28(13-4-1)41-44-42(29-23-25-37-35(26-29)31-17-7-9-20-36(31)47(37)30-15-5-2-6-16-30)46-43(45-41)34-19-11-14-27-22-24-33-32-18-8-10-21-38(32)48-40(33)39(27)34/h1-26H. The van der Waals surface area contributed by atoms with Gasteiger partial charge in [0, 0.05) is 49.3 Å². The highest BCUT2D eigenvalue weighted by molar-refractivity contribution is 6.18. The van der Waals surface area contributed by atoms with E-state index in [1.807, 2.05) is 54.6 Å². The summed E-state index contributed by atoms with van der Waals surface area (Å²) in [6, 6.07) is 54.4. The second-order valence-electron chi connectivity index (χ2n) is 12.0. The summed E-state index contributed by atoms with van der Waals surface area (Å²) in [6.07, 6.45) is 0. The first kappa shape index (κ1) is 26.6. The van der Waals surface area contributed by atoms with Gasteiger partial charge in [0.25, 0.3) is 0 Å². The van der Waals surface area contributed by atoms with Gasteiger partial charge in [0.1, 0.15) is 11.2 Å². The topological polar surface area (TPSA) is 56.7 Å². The molecule has 5 heteroatoms. The molecule has 48 heavy (non-hydrogen) atoms. The maximum absolute atomic E-state index is 6.51. The van der Waals surface area contributed by atoms with Gasteiger partial charge in [0.15, 0.2) is 17.5 Å². The molecule has 0 amide bonds. The van der Waals surface area contributed by atoms with Crippen LogP contribution >= 0.6 is 0 Å². The van der Waals surface area contributed by atoms with Crippen molar-refractivity contribution in [1.82, 2.24) is 19.5 Å². The van der Waals surface area contributed by atoms with Gasteiger partial charge >= 0.3 is 0 Å². The highest BCUT2D eigenvalue weighted by Gasteiger charge is 2.19. The molecule has 0 bridgehead atoms. The van der Waals surface area contributed by atoms with E-state index in [4.69, 9.17) is 19.4 Å². The summed E-state index contributed by atoms with van der Waals surface area (Å²) in [5.74, 6) is 1.84. The number of fused-ring (bicyclic) bond motifs is 8. The predicted octanol–water partition coefficient (Wildman–Crippen LogP) is 11.0. The molecule has 0 saturated heterocycles. The third kappa shape index (κ3) is 4.08. The van der Waals surface area contributed by atoms with E-state index in [0.717, 1.165) is 71.5 Å². The number of hydrogen-bond acceptors (Lipinski definition) is 4. The highest BCUT2D eigenvalue weighted by atomic mass is 16.3. The van der Waals surface area contributed by atoms with Crippen LogP contribution in [0.25, 0.3) is 94.4 Å². The van der Waals surface area contributed by atoms with Crippen molar-refractivity contribution in [3.05, 3.63) is 158 Å². The molecule has 3 aromatic heterocycles. The Bertz CT molecular complexity index is 2830. The van der Waals surface area contributed by atoms with Crippen molar-refractivity contribution in [2.75, 3.05) is 0 Å². The van der Waals surface area contributed by atoms with Gasteiger partial charge in [-0.15, -0.1) is 0 Å². The maximum Gasteiger partial charge on any atom is 0.164 e. The van der Waals surface area contributed by atoms with Gasteiger partial charge < -0.3 is 8.98 Å². The smallest absolute Gasteiger partial charge is 0.164 e. The fourth-order valence-corrected chi connectivity index (χ4v) is 7.05. The monoisotopic (exact) mass is 614 g/mol. The first-order valence-electron chi connectivity index (χ1n) is 16.0. The zero-order valence-corrected chi connectivity index (χ0v) is 25.7. The number of furan rings is 1.